The van der Waals surface area contributed by atoms with Gasteiger partial charge in [-0.2, -0.15) is 0 Å². The summed E-state index contributed by atoms with van der Waals surface area (Å²) in [7, 11) is 0. The second kappa shape index (κ2) is 6.31. The third-order valence-electron chi connectivity index (χ3n) is 3.07. The van der Waals surface area contributed by atoms with Crippen LogP contribution in [-0.4, -0.2) is 6.21 Å². The molecule has 0 saturated heterocycles. The Labute approximate surface area is 97.3 Å². The SMILES string of the molecule is C(=NOCc1ccccc1)C1CCCCC1. The van der Waals surface area contributed by atoms with Crippen LogP contribution in [0.15, 0.2) is 35.5 Å². The highest BCUT2D eigenvalue weighted by Crippen LogP contribution is 2.21. The third-order valence-corrected chi connectivity index (χ3v) is 3.07. The van der Waals surface area contributed by atoms with E-state index in [4.69, 9.17) is 4.84 Å². The van der Waals surface area contributed by atoms with E-state index in [1.165, 1.54) is 37.7 Å². The van der Waals surface area contributed by atoms with Crippen molar-refractivity contribution >= 4 is 6.21 Å². The molecular formula is C14H19NO. The molecule has 0 atom stereocenters. The zero-order chi connectivity index (χ0) is 11.1. The van der Waals surface area contributed by atoms with Crippen LogP contribution in [0, 0.1) is 5.92 Å². The predicted molar refractivity (Wildman–Crippen MR) is 66.3 cm³/mol. The molecule has 1 aliphatic rings. The number of oxime groups is 1. The first-order valence-electron chi connectivity index (χ1n) is 6.14. The minimum atomic E-state index is 0.573. The fourth-order valence-corrected chi connectivity index (χ4v) is 2.10. The van der Waals surface area contributed by atoms with Crippen LogP contribution in [0.25, 0.3) is 0 Å². The minimum Gasteiger partial charge on any atom is -0.391 e. The molecular weight excluding hydrogens is 198 g/mol. The highest BCUT2D eigenvalue weighted by molar-refractivity contribution is 5.59. The highest BCUT2D eigenvalue weighted by atomic mass is 16.6. The Morgan fingerprint density at radius 1 is 1.12 bits per heavy atom. The molecule has 1 fully saturated rings. The van der Waals surface area contributed by atoms with Gasteiger partial charge < -0.3 is 4.84 Å². The van der Waals surface area contributed by atoms with Crippen molar-refractivity contribution in [2.24, 2.45) is 11.1 Å². The van der Waals surface area contributed by atoms with Crippen LogP contribution in [0.4, 0.5) is 0 Å². The molecule has 1 aromatic carbocycles. The summed E-state index contributed by atoms with van der Waals surface area (Å²) in [6.07, 6.45) is 8.61. The van der Waals surface area contributed by atoms with Gasteiger partial charge in [-0.15, -0.1) is 0 Å². The van der Waals surface area contributed by atoms with Gasteiger partial charge in [0, 0.05) is 6.21 Å². The molecule has 16 heavy (non-hydrogen) atoms. The second-order valence-corrected chi connectivity index (χ2v) is 4.41. The number of nitrogens with zero attached hydrogens (tertiary/aromatic N) is 1. The molecule has 1 aromatic rings. The molecule has 0 bridgehead atoms. The summed E-state index contributed by atoms with van der Waals surface area (Å²) >= 11 is 0. The van der Waals surface area contributed by atoms with Crippen LogP contribution in [-0.2, 0) is 11.4 Å². The van der Waals surface area contributed by atoms with Gasteiger partial charge in [0.2, 0.25) is 0 Å². The van der Waals surface area contributed by atoms with Gasteiger partial charge in [0.15, 0.2) is 0 Å². The summed E-state index contributed by atoms with van der Waals surface area (Å²) in [5.74, 6) is 0.643. The number of benzene rings is 1. The van der Waals surface area contributed by atoms with E-state index in [0.717, 1.165) is 0 Å². The molecule has 0 unspecified atom stereocenters. The molecule has 0 N–H and O–H groups in total. The van der Waals surface area contributed by atoms with Crippen molar-refractivity contribution in [3.05, 3.63) is 35.9 Å². The average molecular weight is 217 g/mol. The van der Waals surface area contributed by atoms with E-state index in [0.29, 0.717) is 12.5 Å². The van der Waals surface area contributed by atoms with Crippen molar-refractivity contribution in [1.29, 1.82) is 0 Å². The largest absolute Gasteiger partial charge is 0.391 e. The standard InChI is InChI=1S/C14H19NO/c1-3-7-13(8-4-1)11-15-16-12-14-9-5-2-6-10-14/h2,5-6,9-11,13H,1,3-4,7-8,12H2. The van der Waals surface area contributed by atoms with Gasteiger partial charge in [-0.25, -0.2) is 0 Å². The van der Waals surface area contributed by atoms with Crippen LogP contribution < -0.4 is 0 Å². The van der Waals surface area contributed by atoms with Crippen LogP contribution >= 0.6 is 0 Å². The number of rotatable bonds is 4. The quantitative estimate of drug-likeness (QED) is 0.555. The highest BCUT2D eigenvalue weighted by Gasteiger charge is 2.10. The smallest absolute Gasteiger partial charge is 0.142 e. The zero-order valence-corrected chi connectivity index (χ0v) is 9.64. The third kappa shape index (κ3) is 3.69. The molecule has 0 heterocycles. The van der Waals surface area contributed by atoms with Crippen molar-refractivity contribution in [1.82, 2.24) is 0 Å². The van der Waals surface area contributed by atoms with E-state index in [-0.39, 0.29) is 0 Å². The lowest BCUT2D eigenvalue weighted by Gasteiger charge is -2.16. The lowest BCUT2D eigenvalue weighted by Crippen LogP contribution is -2.07. The van der Waals surface area contributed by atoms with Gasteiger partial charge in [-0.1, -0.05) is 54.8 Å². The molecule has 1 saturated carbocycles. The summed E-state index contributed by atoms with van der Waals surface area (Å²) in [5, 5.41) is 4.07. The second-order valence-electron chi connectivity index (χ2n) is 4.41. The molecule has 86 valence electrons. The average Bonchev–Trinajstić information content (AvgIpc) is 2.37. The molecule has 0 spiro atoms. The summed E-state index contributed by atoms with van der Waals surface area (Å²) < 4.78 is 0. The van der Waals surface area contributed by atoms with E-state index in [1.807, 2.05) is 24.4 Å². The Balaban J connectivity index is 1.69. The van der Waals surface area contributed by atoms with E-state index >= 15 is 0 Å². The summed E-state index contributed by atoms with van der Waals surface area (Å²) in [5.41, 5.74) is 1.17. The molecule has 0 radical (unpaired) electrons. The molecule has 0 aromatic heterocycles. The van der Waals surface area contributed by atoms with Gasteiger partial charge in [-0.05, 0) is 24.3 Å². The van der Waals surface area contributed by atoms with Crippen molar-refractivity contribution in [2.75, 3.05) is 0 Å². The van der Waals surface area contributed by atoms with E-state index in [2.05, 4.69) is 17.3 Å². The van der Waals surface area contributed by atoms with Crippen molar-refractivity contribution in [3.63, 3.8) is 0 Å². The van der Waals surface area contributed by atoms with Crippen molar-refractivity contribution in [3.8, 4) is 0 Å². The Kier molecular flexibility index (Phi) is 4.41. The summed E-state index contributed by atoms with van der Waals surface area (Å²) in [6, 6.07) is 10.1. The Bertz CT molecular complexity index is 315. The van der Waals surface area contributed by atoms with Crippen LogP contribution in [0.1, 0.15) is 37.7 Å². The van der Waals surface area contributed by atoms with Gasteiger partial charge in [0.05, 0.1) is 0 Å². The first-order valence-corrected chi connectivity index (χ1v) is 6.14. The maximum Gasteiger partial charge on any atom is 0.142 e. The first-order chi connectivity index (χ1) is 7.95. The predicted octanol–water partition coefficient (Wildman–Crippen LogP) is 3.77. The molecule has 1 aliphatic carbocycles. The van der Waals surface area contributed by atoms with E-state index in [9.17, 15) is 0 Å². The molecule has 0 aliphatic heterocycles. The van der Waals surface area contributed by atoms with Crippen molar-refractivity contribution < 1.29 is 4.84 Å². The molecule has 2 rings (SSSR count). The molecule has 2 heteroatoms. The normalized spacial score (nSPS) is 17.8. The molecule has 0 amide bonds. The monoisotopic (exact) mass is 217 g/mol. The van der Waals surface area contributed by atoms with E-state index in [1.54, 1.807) is 0 Å². The minimum absolute atomic E-state index is 0.573. The topological polar surface area (TPSA) is 21.6 Å². The van der Waals surface area contributed by atoms with E-state index < -0.39 is 0 Å². The van der Waals surface area contributed by atoms with Crippen LogP contribution in [0.3, 0.4) is 0 Å². The van der Waals surface area contributed by atoms with Gasteiger partial charge in [0.25, 0.3) is 0 Å². The van der Waals surface area contributed by atoms with Gasteiger partial charge in [0.1, 0.15) is 6.61 Å². The lowest BCUT2D eigenvalue weighted by atomic mass is 9.90. The van der Waals surface area contributed by atoms with Gasteiger partial charge in [-0.3, -0.25) is 0 Å². The Hall–Kier alpha value is -1.31. The van der Waals surface area contributed by atoms with Crippen LogP contribution in [0.2, 0.25) is 0 Å². The van der Waals surface area contributed by atoms with Gasteiger partial charge >= 0.3 is 0 Å². The Morgan fingerprint density at radius 2 is 1.88 bits per heavy atom. The first kappa shape index (κ1) is 11.2. The van der Waals surface area contributed by atoms with Crippen molar-refractivity contribution in [2.45, 2.75) is 38.7 Å². The Morgan fingerprint density at radius 3 is 2.62 bits per heavy atom. The van der Waals surface area contributed by atoms with Crippen LogP contribution in [0.5, 0.6) is 0 Å². The fraction of sp³-hybridized carbons (Fsp3) is 0.500. The summed E-state index contributed by atoms with van der Waals surface area (Å²) in [4.78, 5) is 5.29. The lowest BCUT2D eigenvalue weighted by molar-refractivity contribution is 0.130. The maximum atomic E-state index is 5.29. The number of hydrogen-bond acceptors (Lipinski definition) is 2. The molecule has 2 nitrogen and oxygen atoms in total. The summed E-state index contributed by atoms with van der Waals surface area (Å²) in [6.45, 7) is 0.573. The maximum absolute atomic E-state index is 5.29. The number of hydrogen-bond donors (Lipinski definition) is 0. The fourth-order valence-electron chi connectivity index (χ4n) is 2.10. The zero-order valence-electron chi connectivity index (χ0n) is 9.64.